The number of carboxylic acid groups (broad SMARTS) is 1. The van der Waals surface area contributed by atoms with Crippen molar-refractivity contribution >= 4 is 23.0 Å². The van der Waals surface area contributed by atoms with Crippen LogP contribution in [0.3, 0.4) is 0 Å². The van der Waals surface area contributed by atoms with Crippen molar-refractivity contribution < 1.29 is 24.2 Å². The van der Waals surface area contributed by atoms with Gasteiger partial charge in [0.05, 0.1) is 30.2 Å². The Labute approximate surface area is 245 Å². The van der Waals surface area contributed by atoms with E-state index in [9.17, 15) is 9.59 Å². The first-order valence-electron chi connectivity index (χ1n) is 14.3. The lowest BCUT2D eigenvalue weighted by Gasteiger charge is -2.34. The summed E-state index contributed by atoms with van der Waals surface area (Å²) in [6, 6.07) is 17.4. The summed E-state index contributed by atoms with van der Waals surface area (Å²) in [5.74, 6) is -1.43. The molecule has 0 aliphatic carbocycles. The van der Waals surface area contributed by atoms with Crippen LogP contribution in [-0.4, -0.2) is 52.3 Å². The Kier molecular flexibility index (Phi) is 8.70. The van der Waals surface area contributed by atoms with Crippen LogP contribution >= 0.6 is 0 Å². The van der Waals surface area contributed by atoms with E-state index < -0.39 is 11.4 Å². The lowest BCUT2D eigenvalue weighted by atomic mass is 9.69. The van der Waals surface area contributed by atoms with E-state index in [0.29, 0.717) is 19.8 Å². The minimum Gasteiger partial charge on any atom is -0.478 e. The maximum atomic E-state index is 13.1. The number of esters is 1. The third-order valence-electron chi connectivity index (χ3n) is 8.30. The fourth-order valence-corrected chi connectivity index (χ4v) is 5.96. The molecule has 0 saturated carbocycles. The van der Waals surface area contributed by atoms with Crippen LogP contribution in [-0.2, 0) is 40.4 Å². The molecule has 1 atom stereocenters. The Morgan fingerprint density at radius 2 is 1.88 bits per heavy atom. The first-order chi connectivity index (χ1) is 20.2. The van der Waals surface area contributed by atoms with Gasteiger partial charge in [-0.15, -0.1) is 5.10 Å². The first kappa shape index (κ1) is 29.4. The van der Waals surface area contributed by atoms with Gasteiger partial charge in [0.15, 0.2) is 0 Å². The van der Waals surface area contributed by atoms with E-state index in [1.807, 2.05) is 24.6 Å². The van der Waals surface area contributed by atoms with Gasteiger partial charge in [0, 0.05) is 25.6 Å². The van der Waals surface area contributed by atoms with E-state index in [-0.39, 0.29) is 17.5 Å². The highest BCUT2D eigenvalue weighted by Gasteiger charge is 2.41. The largest absolute Gasteiger partial charge is 0.478 e. The van der Waals surface area contributed by atoms with Crippen molar-refractivity contribution in [3.8, 4) is 0 Å². The molecule has 0 spiro atoms. The minimum atomic E-state index is -0.941. The highest BCUT2D eigenvalue weighted by atomic mass is 16.5. The van der Waals surface area contributed by atoms with Crippen molar-refractivity contribution in [2.24, 2.45) is 5.41 Å². The molecule has 4 aromatic rings. The van der Waals surface area contributed by atoms with Crippen LogP contribution in [0, 0.1) is 12.3 Å². The molecule has 1 aliphatic rings. The lowest BCUT2D eigenvalue weighted by molar-refractivity contribution is -0.151. The molecule has 42 heavy (non-hydrogen) atoms. The van der Waals surface area contributed by atoms with Crippen LogP contribution in [0.25, 0.3) is 11.0 Å². The summed E-state index contributed by atoms with van der Waals surface area (Å²) in [6.45, 7) is 9.32. The molecule has 9 nitrogen and oxygen atoms in total. The van der Waals surface area contributed by atoms with Crippen LogP contribution < -0.4 is 5.32 Å². The molecule has 0 amide bonds. The zero-order valence-corrected chi connectivity index (χ0v) is 24.6. The van der Waals surface area contributed by atoms with E-state index in [2.05, 4.69) is 46.8 Å². The van der Waals surface area contributed by atoms with Crippen LogP contribution in [0.2, 0.25) is 0 Å². The van der Waals surface area contributed by atoms with Crippen molar-refractivity contribution in [2.75, 3.05) is 20.3 Å². The van der Waals surface area contributed by atoms with E-state index in [0.717, 1.165) is 59.2 Å². The number of ether oxygens (including phenoxy) is 2. The molecule has 1 aliphatic heterocycles. The number of hydrogen-bond donors (Lipinski definition) is 2. The summed E-state index contributed by atoms with van der Waals surface area (Å²) >= 11 is 0. The van der Waals surface area contributed by atoms with Crippen LogP contribution in [0.15, 0.2) is 54.6 Å². The van der Waals surface area contributed by atoms with Crippen molar-refractivity contribution in [3.63, 3.8) is 0 Å². The second kappa shape index (κ2) is 12.4. The highest BCUT2D eigenvalue weighted by Crippen LogP contribution is 2.44. The number of carbonyl (C=O) groups is 2. The molecule has 1 unspecified atom stereocenters. The number of carboxylic acids is 1. The van der Waals surface area contributed by atoms with E-state index in [1.165, 1.54) is 18.2 Å². The Morgan fingerprint density at radius 1 is 1.10 bits per heavy atom. The van der Waals surface area contributed by atoms with E-state index >= 15 is 0 Å². The quantitative estimate of drug-likeness (QED) is 0.191. The van der Waals surface area contributed by atoms with Gasteiger partial charge in [-0.05, 0) is 91.7 Å². The van der Waals surface area contributed by atoms with Crippen LogP contribution in [0.1, 0.15) is 69.9 Å². The smallest absolute Gasteiger partial charge is 0.335 e. The van der Waals surface area contributed by atoms with Gasteiger partial charge in [0.25, 0.3) is 0 Å². The number of methoxy groups -OCH3 is 1. The van der Waals surface area contributed by atoms with Crippen molar-refractivity contribution in [3.05, 3.63) is 93.5 Å². The third-order valence-corrected chi connectivity index (χ3v) is 8.30. The SMILES string of the molecule is COC(=O)C(C)(C)C(c1ccc2c(c1)CNCC2)c1ccc2c(nnn2CCCOCc2ccc(C(=O)O)cc2)c1C. The van der Waals surface area contributed by atoms with E-state index in [4.69, 9.17) is 14.6 Å². The Morgan fingerprint density at radius 3 is 2.62 bits per heavy atom. The zero-order chi connectivity index (χ0) is 29.9. The number of nitrogens with one attached hydrogen (secondary N) is 1. The fourth-order valence-electron chi connectivity index (χ4n) is 5.96. The van der Waals surface area contributed by atoms with Gasteiger partial charge in [-0.2, -0.15) is 0 Å². The molecule has 220 valence electrons. The summed E-state index contributed by atoms with van der Waals surface area (Å²) in [7, 11) is 1.44. The number of hydrogen-bond acceptors (Lipinski definition) is 7. The molecular formula is C33H38N4O5. The zero-order valence-electron chi connectivity index (χ0n) is 24.6. The highest BCUT2D eigenvalue weighted by molar-refractivity contribution is 5.87. The number of aromatic carboxylic acids is 1. The molecular weight excluding hydrogens is 532 g/mol. The molecule has 2 N–H and O–H groups in total. The minimum absolute atomic E-state index is 0.232. The van der Waals surface area contributed by atoms with Gasteiger partial charge in [0.1, 0.15) is 5.52 Å². The van der Waals surface area contributed by atoms with Gasteiger partial charge in [0.2, 0.25) is 0 Å². The molecule has 9 heteroatoms. The second-order valence-corrected chi connectivity index (χ2v) is 11.5. The van der Waals surface area contributed by atoms with Gasteiger partial charge < -0.3 is 19.9 Å². The number of aryl methyl sites for hydroxylation is 2. The topological polar surface area (TPSA) is 116 Å². The monoisotopic (exact) mass is 570 g/mol. The van der Waals surface area contributed by atoms with Crippen LogP contribution in [0.4, 0.5) is 0 Å². The number of nitrogens with zero attached hydrogens (tertiary/aromatic N) is 3. The van der Waals surface area contributed by atoms with Crippen molar-refractivity contribution in [2.45, 2.75) is 59.2 Å². The lowest BCUT2D eigenvalue weighted by Crippen LogP contribution is -2.34. The molecule has 1 aromatic heterocycles. The van der Waals surface area contributed by atoms with E-state index in [1.54, 1.807) is 24.3 Å². The number of carbonyl (C=O) groups excluding carboxylic acids is 1. The average molecular weight is 571 g/mol. The van der Waals surface area contributed by atoms with Crippen molar-refractivity contribution in [1.82, 2.24) is 20.3 Å². The fraction of sp³-hybridized carbons (Fsp3) is 0.394. The number of fused-ring (bicyclic) bond motifs is 2. The summed E-state index contributed by atoms with van der Waals surface area (Å²) in [6.07, 6.45) is 1.74. The maximum absolute atomic E-state index is 13.1. The summed E-state index contributed by atoms with van der Waals surface area (Å²) < 4.78 is 13.0. The second-order valence-electron chi connectivity index (χ2n) is 11.5. The predicted molar refractivity (Wildman–Crippen MR) is 159 cm³/mol. The van der Waals surface area contributed by atoms with Crippen LogP contribution in [0.5, 0.6) is 0 Å². The number of aromatic nitrogens is 3. The summed E-state index contributed by atoms with van der Waals surface area (Å²) in [4.78, 5) is 24.1. The number of rotatable bonds is 11. The molecule has 5 rings (SSSR count). The van der Waals surface area contributed by atoms with Gasteiger partial charge in [-0.25, -0.2) is 9.48 Å². The average Bonchev–Trinajstić information content (AvgIpc) is 3.41. The molecule has 2 heterocycles. The van der Waals surface area contributed by atoms with Gasteiger partial charge in [-0.3, -0.25) is 4.79 Å². The normalized spacial score (nSPS) is 14.0. The first-order valence-corrected chi connectivity index (χ1v) is 14.3. The Hall–Kier alpha value is -4.08. The van der Waals surface area contributed by atoms with Gasteiger partial charge in [-0.1, -0.05) is 41.6 Å². The standard InChI is InChI=1S/C33H38N4O5/c1-21-27(29(33(2,3)32(40)41-4)25-11-10-23-14-15-34-19-26(23)18-25)12-13-28-30(21)35-36-37(28)16-5-17-42-20-22-6-8-24(9-7-22)31(38)39/h6-13,18,29,34H,5,14-17,19-20H2,1-4H3,(H,38,39). The number of benzene rings is 3. The molecule has 0 fully saturated rings. The third kappa shape index (κ3) is 5.93. The summed E-state index contributed by atoms with van der Waals surface area (Å²) in [5, 5.41) is 21.5. The Balaban J connectivity index is 1.34. The predicted octanol–water partition coefficient (Wildman–Crippen LogP) is 5.02. The Bertz CT molecular complexity index is 1590. The molecule has 0 saturated heterocycles. The molecule has 0 bridgehead atoms. The summed E-state index contributed by atoms with van der Waals surface area (Å²) in [5.41, 5.74) is 7.86. The van der Waals surface area contributed by atoms with Gasteiger partial charge >= 0.3 is 11.9 Å². The molecule has 3 aromatic carbocycles. The maximum Gasteiger partial charge on any atom is 0.335 e. The molecule has 0 radical (unpaired) electrons. The van der Waals surface area contributed by atoms with Crippen molar-refractivity contribution in [1.29, 1.82) is 0 Å².